The van der Waals surface area contributed by atoms with Gasteiger partial charge >= 0.3 is 0 Å². The standard InChI is InChI=1S/C19H26N2O3/c1-24-12-11-20-18(22)16-9-10-17(14-5-3-2-4-6-14)21(13-16)19(23)15-7-8-15/h2-6,15-17H,7-13H2,1H3,(H,20,22)/t16-,17-/m0/s1. The number of rotatable bonds is 6. The molecule has 0 spiro atoms. The van der Waals surface area contributed by atoms with Crippen LogP contribution in [0.25, 0.3) is 0 Å². The number of carbonyl (C=O) groups is 2. The maximum Gasteiger partial charge on any atom is 0.226 e. The monoisotopic (exact) mass is 330 g/mol. The number of ether oxygens (including phenoxy) is 1. The molecule has 3 rings (SSSR count). The molecule has 0 bridgehead atoms. The summed E-state index contributed by atoms with van der Waals surface area (Å²) in [6, 6.07) is 10.3. The molecule has 0 radical (unpaired) electrons. The molecule has 24 heavy (non-hydrogen) atoms. The van der Waals surface area contributed by atoms with Crippen LogP contribution in [0, 0.1) is 11.8 Å². The van der Waals surface area contributed by atoms with Crippen LogP contribution >= 0.6 is 0 Å². The molecule has 2 aliphatic rings. The molecule has 130 valence electrons. The molecule has 1 aromatic rings. The minimum atomic E-state index is -0.121. The Kier molecular flexibility index (Phi) is 5.51. The maximum absolute atomic E-state index is 12.7. The van der Waals surface area contributed by atoms with Gasteiger partial charge in [-0.1, -0.05) is 30.3 Å². The van der Waals surface area contributed by atoms with Crippen LogP contribution in [0.4, 0.5) is 0 Å². The van der Waals surface area contributed by atoms with Gasteiger partial charge in [-0.15, -0.1) is 0 Å². The van der Waals surface area contributed by atoms with Gasteiger partial charge in [0, 0.05) is 26.1 Å². The van der Waals surface area contributed by atoms with Gasteiger partial charge in [-0.25, -0.2) is 0 Å². The van der Waals surface area contributed by atoms with E-state index in [2.05, 4.69) is 17.4 Å². The van der Waals surface area contributed by atoms with E-state index in [1.54, 1.807) is 7.11 Å². The highest BCUT2D eigenvalue weighted by Gasteiger charge is 2.41. The second-order valence-corrected chi connectivity index (χ2v) is 6.75. The number of methoxy groups -OCH3 is 1. The fourth-order valence-electron chi connectivity index (χ4n) is 3.44. The summed E-state index contributed by atoms with van der Waals surface area (Å²) in [6.45, 7) is 1.55. The van der Waals surface area contributed by atoms with Crippen molar-refractivity contribution in [2.75, 3.05) is 26.8 Å². The summed E-state index contributed by atoms with van der Waals surface area (Å²) in [6.07, 6.45) is 3.63. The Hall–Kier alpha value is -1.88. The number of carbonyl (C=O) groups excluding carboxylic acids is 2. The van der Waals surface area contributed by atoms with Gasteiger partial charge in [-0.2, -0.15) is 0 Å². The molecule has 2 fully saturated rings. The average molecular weight is 330 g/mol. The Morgan fingerprint density at radius 3 is 2.50 bits per heavy atom. The summed E-state index contributed by atoms with van der Waals surface area (Å²) in [4.78, 5) is 27.1. The molecule has 1 saturated heterocycles. The molecule has 1 aliphatic heterocycles. The second kappa shape index (κ2) is 7.79. The van der Waals surface area contributed by atoms with E-state index in [0.717, 1.165) is 25.7 Å². The fourth-order valence-corrected chi connectivity index (χ4v) is 3.44. The first-order chi connectivity index (χ1) is 11.7. The molecule has 1 aliphatic carbocycles. The van der Waals surface area contributed by atoms with Crippen LogP contribution in [0.1, 0.15) is 37.3 Å². The van der Waals surface area contributed by atoms with E-state index in [9.17, 15) is 9.59 Å². The fraction of sp³-hybridized carbons (Fsp3) is 0.579. The van der Waals surface area contributed by atoms with E-state index in [-0.39, 0.29) is 29.7 Å². The number of nitrogens with one attached hydrogen (secondary N) is 1. The van der Waals surface area contributed by atoms with E-state index in [1.165, 1.54) is 5.56 Å². The second-order valence-electron chi connectivity index (χ2n) is 6.75. The first kappa shape index (κ1) is 17.0. The van der Waals surface area contributed by atoms with Crippen molar-refractivity contribution in [2.24, 2.45) is 11.8 Å². The van der Waals surface area contributed by atoms with Crippen LogP contribution in [0.5, 0.6) is 0 Å². The van der Waals surface area contributed by atoms with Crippen molar-refractivity contribution in [1.29, 1.82) is 0 Å². The van der Waals surface area contributed by atoms with E-state index in [4.69, 9.17) is 4.74 Å². The lowest BCUT2D eigenvalue weighted by molar-refractivity contribution is -0.140. The van der Waals surface area contributed by atoms with E-state index >= 15 is 0 Å². The molecule has 5 heteroatoms. The minimum absolute atomic E-state index is 0.0344. The number of nitrogens with zero attached hydrogens (tertiary/aromatic N) is 1. The molecule has 5 nitrogen and oxygen atoms in total. The van der Waals surface area contributed by atoms with Crippen LogP contribution in [0.3, 0.4) is 0 Å². The molecule has 1 N–H and O–H groups in total. The summed E-state index contributed by atoms with van der Waals surface area (Å²) in [7, 11) is 1.62. The Labute approximate surface area is 143 Å². The lowest BCUT2D eigenvalue weighted by Gasteiger charge is -2.39. The summed E-state index contributed by atoms with van der Waals surface area (Å²) < 4.78 is 4.97. The molecule has 1 heterocycles. The maximum atomic E-state index is 12.7. The predicted molar refractivity (Wildman–Crippen MR) is 91.2 cm³/mol. The molecule has 0 aromatic heterocycles. The number of hydrogen-bond donors (Lipinski definition) is 1. The van der Waals surface area contributed by atoms with Crippen LogP contribution < -0.4 is 5.32 Å². The third-order valence-electron chi connectivity index (χ3n) is 4.95. The summed E-state index contributed by atoms with van der Waals surface area (Å²) >= 11 is 0. The topological polar surface area (TPSA) is 58.6 Å². The van der Waals surface area contributed by atoms with Crippen LogP contribution in [0.15, 0.2) is 30.3 Å². The minimum Gasteiger partial charge on any atom is -0.383 e. The zero-order valence-electron chi connectivity index (χ0n) is 14.2. The highest BCUT2D eigenvalue weighted by atomic mass is 16.5. The first-order valence-corrected chi connectivity index (χ1v) is 8.82. The molecule has 0 unspecified atom stereocenters. The van der Waals surface area contributed by atoms with Gasteiger partial charge in [0.2, 0.25) is 11.8 Å². The highest BCUT2D eigenvalue weighted by Crippen LogP contribution is 2.39. The van der Waals surface area contributed by atoms with Crippen molar-refractivity contribution < 1.29 is 14.3 Å². The summed E-state index contributed by atoms with van der Waals surface area (Å²) in [5, 5.41) is 2.91. The molecular weight excluding hydrogens is 304 g/mol. The lowest BCUT2D eigenvalue weighted by Crippen LogP contribution is -2.47. The number of likely N-dealkylation sites (tertiary alicyclic amines) is 1. The Morgan fingerprint density at radius 2 is 1.83 bits per heavy atom. The number of hydrogen-bond acceptors (Lipinski definition) is 3. The third kappa shape index (κ3) is 3.96. The van der Waals surface area contributed by atoms with Gasteiger partial charge < -0.3 is 15.0 Å². The van der Waals surface area contributed by atoms with Gasteiger partial charge in [0.05, 0.1) is 18.6 Å². The largest absolute Gasteiger partial charge is 0.383 e. The number of benzene rings is 1. The average Bonchev–Trinajstić information content (AvgIpc) is 3.46. The third-order valence-corrected chi connectivity index (χ3v) is 4.95. The van der Waals surface area contributed by atoms with E-state index in [0.29, 0.717) is 19.7 Å². The van der Waals surface area contributed by atoms with Crippen molar-refractivity contribution in [3.8, 4) is 0 Å². The van der Waals surface area contributed by atoms with E-state index < -0.39 is 0 Å². The van der Waals surface area contributed by atoms with Gasteiger partial charge in [-0.3, -0.25) is 9.59 Å². The predicted octanol–water partition coefficient (Wildman–Crippen LogP) is 2.14. The van der Waals surface area contributed by atoms with Crippen LogP contribution in [0.2, 0.25) is 0 Å². The zero-order chi connectivity index (χ0) is 16.9. The molecular formula is C19H26N2O3. The lowest BCUT2D eigenvalue weighted by atomic mass is 9.88. The molecule has 2 amide bonds. The van der Waals surface area contributed by atoms with Crippen molar-refractivity contribution in [2.45, 2.75) is 31.7 Å². The Balaban J connectivity index is 1.69. The Bertz CT molecular complexity index is 571. The molecule has 1 aromatic carbocycles. The SMILES string of the molecule is COCCNC(=O)[C@H]1CC[C@@H](c2ccccc2)N(C(=O)C2CC2)C1. The van der Waals surface area contributed by atoms with Gasteiger partial charge in [0.15, 0.2) is 0 Å². The normalized spacial score (nSPS) is 23.8. The first-order valence-electron chi connectivity index (χ1n) is 8.82. The van der Waals surface area contributed by atoms with E-state index in [1.807, 2.05) is 23.1 Å². The van der Waals surface area contributed by atoms with Crippen molar-refractivity contribution in [3.63, 3.8) is 0 Å². The number of amides is 2. The summed E-state index contributed by atoms with van der Waals surface area (Å²) in [5.41, 5.74) is 1.17. The van der Waals surface area contributed by atoms with Gasteiger partial charge in [0.1, 0.15) is 0 Å². The van der Waals surface area contributed by atoms with Crippen LogP contribution in [-0.4, -0.2) is 43.5 Å². The van der Waals surface area contributed by atoms with Crippen molar-refractivity contribution >= 4 is 11.8 Å². The zero-order valence-corrected chi connectivity index (χ0v) is 14.2. The Morgan fingerprint density at radius 1 is 1.12 bits per heavy atom. The van der Waals surface area contributed by atoms with Crippen molar-refractivity contribution in [3.05, 3.63) is 35.9 Å². The van der Waals surface area contributed by atoms with Crippen molar-refractivity contribution in [1.82, 2.24) is 10.2 Å². The molecule has 1 saturated carbocycles. The highest BCUT2D eigenvalue weighted by molar-refractivity contribution is 5.84. The van der Waals surface area contributed by atoms with Crippen LogP contribution in [-0.2, 0) is 14.3 Å². The number of piperidine rings is 1. The van der Waals surface area contributed by atoms with Gasteiger partial charge in [0.25, 0.3) is 0 Å². The quantitative estimate of drug-likeness (QED) is 0.813. The van der Waals surface area contributed by atoms with Gasteiger partial charge in [-0.05, 0) is 31.2 Å². The smallest absolute Gasteiger partial charge is 0.226 e. The summed E-state index contributed by atoms with van der Waals surface area (Å²) in [5.74, 6) is 0.307. The molecule has 2 atom stereocenters.